The number of ether oxygens (including phenoxy) is 1. The van der Waals surface area contributed by atoms with E-state index in [1.54, 1.807) is 29.8 Å². The lowest BCUT2D eigenvalue weighted by Crippen LogP contribution is -2.21. The molecule has 10 nitrogen and oxygen atoms in total. The summed E-state index contributed by atoms with van der Waals surface area (Å²) in [7, 11) is -3.25. The van der Waals surface area contributed by atoms with Crippen molar-refractivity contribution in [3.8, 4) is 0 Å². The molecule has 0 radical (unpaired) electrons. The Balaban J connectivity index is 1.61. The fraction of sp³-hybridized carbons (Fsp3) is 0.300. The maximum absolute atomic E-state index is 12.8. The van der Waals surface area contributed by atoms with Gasteiger partial charge in [-0.05, 0) is 31.0 Å². The van der Waals surface area contributed by atoms with Crippen LogP contribution in [0.3, 0.4) is 0 Å². The van der Waals surface area contributed by atoms with E-state index in [0.29, 0.717) is 21.3 Å². The Morgan fingerprint density at radius 3 is 2.81 bits per heavy atom. The molecule has 0 atom stereocenters. The molecule has 0 saturated heterocycles. The molecule has 168 valence electrons. The van der Waals surface area contributed by atoms with Gasteiger partial charge in [0.1, 0.15) is 11.5 Å². The lowest BCUT2D eigenvalue weighted by Gasteiger charge is -2.13. The van der Waals surface area contributed by atoms with E-state index in [1.807, 2.05) is 0 Å². The number of carbonyl (C=O) groups excluding carboxylic acids is 2. The fourth-order valence-corrected chi connectivity index (χ4v) is 6.74. The van der Waals surface area contributed by atoms with Gasteiger partial charge in [-0.2, -0.15) is 0 Å². The molecule has 12 heteroatoms. The Morgan fingerprint density at radius 2 is 2.09 bits per heavy atom. The highest BCUT2D eigenvalue weighted by Crippen LogP contribution is 2.38. The molecule has 2 aromatic heterocycles. The second kappa shape index (κ2) is 8.36. The van der Waals surface area contributed by atoms with Crippen LogP contribution in [0.25, 0.3) is 10.9 Å². The van der Waals surface area contributed by atoms with Gasteiger partial charge < -0.3 is 14.6 Å². The summed E-state index contributed by atoms with van der Waals surface area (Å²) in [5.41, 5.74) is 1.42. The number of rotatable bonds is 6. The zero-order chi connectivity index (χ0) is 23.0. The Kier molecular flexibility index (Phi) is 5.73. The van der Waals surface area contributed by atoms with Crippen LogP contribution in [-0.4, -0.2) is 42.1 Å². The average molecular weight is 478 g/mol. The normalized spacial score (nSPS) is 14.7. The first-order valence-corrected chi connectivity index (χ1v) is 12.4. The van der Waals surface area contributed by atoms with Gasteiger partial charge in [-0.15, -0.1) is 11.3 Å². The molecule has 0 saturated carbocycles. The minimum absolute atomic E-state index is 0.0436. The molecule has 1 N–H and O–H groups in total. The third-order valence-electron chi connectivity index (χ3n) is 5.12. The predicted octanol–water partition coefficient (Wildman–Crippen LogP) is 2.90. The molecule has 1 aromatic carbocycles. The molecule has 0 aliphatic carbocycles. The van der Waals surface area contributed by atoms with Gasteiger partial charge in [-0.25, -0.2) is 13.2 Å². The minimum atomic E-state index is -3.25. The van der Waals surface area contributed by atoms with Crippen molar-refractivity contribution < 1.29 is 27.7 Å². The van der Waals surface area contributed by atoms with Crippen molar-refractivity contribution in [3.05, 3.63) is 56.6 Å². The molecule has 0 bridgehead atoms. The first-order chi connectivity index (χ1) is 15.2. The number of nitro groups is 1. The van der Waals surface area contributed by atoms with Crippen molar-refractivity contribution in [1.82, 2.24) is 4.57 Å². The maximum Gasteiger partial charge on any atom is 0.341 e. The van der Waals surface area contributed by atoms with Gasteiger partial charge in [0.25, 0.3) is 5.69 Å². The number of hydrogen-bond donors (Lipinski definition) is 1. The number of non-ortho nitro benzene ring substituents is 1. The molecule has 1 aliphatic rings. The van der Waals surface area contributed by atoms with E-state index in [-0.39, 0.29) is 47.3 Å². The number of carbonyl (C=O) groups is 2. The molecule has 0 spiro atoms. The van der Waals surface area contributed by atoms with Crippen LogP contribution in [0, 0.1) is 10.1 Å². The molecule has 32 heavy (non-hydrogen) atoms. The molecular weight excluding hydrogens is 458 g/mol. The number of aromatic nitrogens is 1. The van der Waals surface area contributed by atoms with Crippen LogP contribution in [0.4, 0.5) is 10.7 Å². The van der Waals surface area contributed by atoms with Crippen molar-refractivity contribution in [2.45, 2.75) is 25.6 Å². The summed E-state index contributed by atoms with van der Waals surface area (Å²) < 4.78 is 30.8. The van der Waals surface area contributed by atoms with E-state index < -0.39 is 26.6 Å². The summed E-state index contributed by atoms with van der Waals surface area (Å²) >= 11 is 1.07. The average Bonchev–Trinajstić information content (AvgIpc) is 3.27. The number of hydrogen-bond acceptors (Lipinski definition) is 8. The summed E-state index contributed by atoms with van der Waals surface area (Å²) in [6, 6.07) is 6.04. The van der Waals surface area contributed by atoms with Gasteiger partial charge in [0.15, 0.2) is 9.84 Å². The van der Waals surface area contributed by atoms with Gasteiger partial charge in [-0.1, -0.05) is 0 Å². The molecule has 3 aromatic rings. The smallest absolute Gasteiger partial charge is 0.341 e. The Morgan fingerprint density at radius 1 is 1.31 bits per heavy atom. The van der Waals surface area contributed by atoms with Crippen molar-refractivity contribution in [2.75, 3.05) is 17.7 Å². The van der Waals surface area contributed by atoms with Gasteiger partial charge in [0.05, 0.1) is 28.6 Å². The van der Waals surface area contributed by atoms with E-state index in [0.717, 1.165) is 11.3 Å². The van der Waals surface area contributed by atoms with Gasteiger partial charge >= 0.3 is 5.97 Å². The van der Waals surface area contributed by atoms with Crippen molar-refractivity contribution >= 4 is 54.6 Å². The quantitative estimate of drug-likeness (QED) is 0.327. The largest absolute Gasteiger partial charge is 0.462 e. The lowest BCUT2D eigenvalue weighted by molar-refractivity contribution is -0.384. The third-order valence-corrected chi connectivity index (χ3v) is 8.00. The number of nitrogens with zero attached hydrogens (tertiary/aromatic N) is 2. The topological polar surface area (TPSA) is 138 Å². The number of amides is 1. The molecule has 4 rings (SSSR count). The number of fused-ring (bicyclic) bond motifs is 2. The van der Waals surface area contributed by atoms with Crippen LogP contribution in [0.15, 0.2) is 30.5 Å². The number of nitrogens with one attached hydrogen (secondary N) is 1. The first kappa shape index (κ1) is 22.0. The number of esters is 1. The SMILES string of the molecule is CCOC(=O)c1c(NC(=O)Cn2ccc3cc([N+](=O)[O-])ccc32)sc2c1CCS(=O)(=O)C2. The summed E-state index contributed by atoms with van der Waals surface area (Å²) in [4.78, 5) is 36.3. The van der Waals surface area contributed by atoms with E-state index in [1.165, 1.54) is 12.1 Å². The van der Waals surface area contributed by atoms with Crippen molar-refractivity contribution in [1.29, 1.82) is 0 Å². The number of nitro benzene ring substituents is 1. The monoisotopic (exact) mass is 477 g/mol. The van der Waals surface area contributed by atoms with Gasteiger partial charge in [0, 0.05) is 34.1 Å². The highest BCUT2D eigenvalue weighted by Gasteiger charge is 2.32. The Hall–Kier alpha value is -3.25. The minimum Gasteiger partial charge on any atom is -0.462 e. The Labute approximate surface area is 186 Å². The zero-order valence-electron chi connectivity index (χ0n) is 17.0. The second-order valence-electron chi connectivity index (χ2n) is 7.26. The van der Waals surface area contributed by atoms with E-state index in [9.17, 15) is 28.1 Å². The van der Waals surface area contributed by atoms with Crippen LogP contribution in [0.5, 0.6) is 0 Å². The number of sulfone groups is 1. The van der Waals surface area contributed by atoms with E-state index in [4.69, 9.17) is 4.74 Å². The number of anilines is 1. The van der Waals surface area contributed by atoms with Crippen LogP contribution >= 0.6 is 11.3 Å². The van der Waals surface area contributed by atoms with Crippen LogP contribution in [0.2, 0.25) is 0 Å². The molecule has 1 aliphatic heterocycles. The van der Waals surface area contributed by atoms with Gasteiger partial charge in [-0.3, -0.25) is 14.9 Å². The number of benzene rings is 1. The van der Waals surface area contributed by atoms with E-state index >= 15 is 0 Å². The second-order valence-corrected chi connectivity index (χ2v) is 10.6. The molecule has 0 unspecified atom stereocenters. The molecule has 0 fully saturated rings. The highest BCUT2D eigenvalue weighted by molar-refractivity contribution is 7.90. The Bertz CT molecular complexity index is 1350. The van der Waals surface area contributed by atoms with Crippen LogP contribution in [0.1, 0.15) is 27.7 Å². The number of thiophene rings is 1. The molecular formula is C20H19N3O7S2. The van der Waals surface area contributed by atoms with Crippen molar-refractivity contribution in [2.24, 2.45) is 0 Å². The fourth-order valence-electron chi connectivity index (χ4n) is 3.69. The standard InChI is InChI=1S/C20H19N3O7S2/c1-2-30-20(25)18-14-6-8-32(28,29)11-16(14)31-19(18)21-17(24)10-22-7-5-12-9-13(23(26)27)3-4-15(12)22/h3-5,7,9H,2,6,8,10-11H2,1H3,(H,21,24). The maximum atomic E-state index is 12.8. The molecule has 3 heterocycles. The van der Waals surface area contributed by atoms with Crippen LogP contribution < -0.4 is 5.32 Å². The summed E-state index contributed by atoms with van der Waals surface area (Å²) in [6.07, 6.45) is 1.84. The summed E-state index contributed by atoms with van der Waals surface area (Å²) in [5.74, 6) is -1.25. The van der Waals surface area contributed by atoms with Crippen molar-refractivity contribution in [3.63, 3.8) is 0 Å². The molecule has 1 amide bonds. The predicted molar refractivity (Wildman–Crippen MR) is 119 cm³/mol. The lowest BCUT2D eigenvalue weighted by atomic mass is 10.1. The summed E-state index contributed by atoms with van der Waals surface area (Å²) in [6.45, 7) is 1.72. The van der Waals surface area contributed by atoms with Gasteiger partial charge in [0.2, 0.25) is 5.91 Å². The van der Waals surface area contributed by atoms with Crippen LogP contribution in [-0.2, 0) is 38.1 Å². The third kappa shape index (κ3) is 4.23. The highest BCUT2D eigenvalue weighted by atomic mass is 32.2. The first-order valence-electron chi connectivity index (χ1n) is 9.73. The zero-order valence-corrected chi connectivity index (χ0v) is 18.6. The van der Waals surface area contributed by atoms with E-state index in [2.05, 4.69) is 5.32 Å². The summed E-state index contributed by atoms with van der Waals surface area (Å²) in [5, 5.41) is 14.6.